The Morgan fingerprint density at radius 2 is 1.11 bits per heavy atom. The molecule has 0 radical (unpaired) electrons. The van der Waals surface area contributed by atoms with Crippen LogP contribution in [0.25, 0.3) is 11.1 Å². The van der Waals surface area contributed by atoms with Gasteiger partial charge in [0, 0.05) is 18.4 Å². The van der Waals surface area contributed by atoms with Crippen LogP contribution in [0.5, 0.6) is 0 Å². The predicted molar refractivity (Wildman–Crippen MR) is 84.8 cm³/mol. The summed E-state index contributed by atoms with van der Waals surface area (Å²) in [6.45, 7) is 8.40. The maximum Gasteiger partial charge on any atom is 0.0397 e. The second kappa shape index (κ2) is 4.96. The molecule has 0 amide bonds. The Kier molecular flexibility index (Phi) is 3.52. The van der Waals surface area contributed by atoms with Crippen LogP contribution in [0.4, 0.5) is 11.4 Å². The minimum Gasteiger partial charge on any atom is -0.398 e. The summed E-state index contributed by atoms with van der Waals surface area (Å²) in [6, 6.07) is 8.78. The summed E-state index contributed by atoms with van der Waals surface area (Å²) < 4.78 is 0. The zero-order valence-corrected chi connectivity index (χ0v) is 12.4. The van der Waals surface area contributed by atoms with Gasteiger partial charge in [-0.1, -0.05) is 0 Å². The van der Waals surface area contributed by atoms with E-state index < -0.39 is 0 Å². The Labute approximate surface area is 115 Å². The van der Waals surface area contributed by atoms with Crippen LogP contribution >= 0.6 is 0 Å². The summed E-state index contributed by atoms with van der Waals surface area (Å²) in [5.41, 5.74) is 15.4. The summed E-state index contributed by atoms with van der Waals surface area (Å²) in [5.74, 6) is 0. The molecule has 2 heteroatoms. The first-order chi connectivity index (χ1) is 8.93. The molecule has 0 atom stereocenters. The molecule has 2 nitrogen and oxygen atoms in total. The molecule has 0 saturated heterocycles. The molecule has 0 aliphatic rings. The van der Waals surface area contributed by atoms with Gasteiger partial charge in [0.2, 0.25) is 0 Å². The van der Waals surface area contributed by atoms with Crippen LogP contribution in [0.2, 0.25) is 0 Å². The molecule has 0 bridgehead atoms. The summed E-state index contributed by atoms with van der Waals surface area (Å²) in [4.78, 5) is 0. The molecule has 0 aliphatic heterocycles. The van der Waals surface area contributed by atoms with Crippen molar-refractivity contribution < 1.29 is 0 Å². The van der Waals surface area contributed by atoms with Crippen molar-refractivity contribution in [3.63, 3.8) is 0 Å². The lowest BCUT2D eigenvalue weighted by Crippen LogP contribution is -1.97. The second-order valence-corrected chi connectivity index (χ2v) is 5.26. The fourth-order valence-corrected chi connectivity index (χ4v) is 2.67. The fraction of sp³-hybridized carbons (Fsp3) is 0.294. The smallest absolute Gasteiger partial charge is 0.0397 e. The number of nitrogens with one attached hydrogen (secondary N) is 1. The Morgan fingerprint density at radius 3 is 1.47 bits per heavy atom. The van der Waals surface area contributed by atoms with Crippen LogP contribution in [0.15, 0.2) is 24.3 Å². The first kappa shape index (κ1) is 13.5. The van der Waals surface area contributed by atoms with Crippen LogP contribution in [0, 0.1) is 27.7 Å². The maximum atomic E-state index is 6.02. The largest absolute Gasteiger partial charge is 0.398 e. The molecule has 2 aromatic rings. The van der Waals surface area contributed by atoms with E-state index in [2.05, 4.69) is 57.3 Å². The molecule has 0 unspecified atom stereocenters. The number of anilines is 2. The van der Waals surface area contributed by atoms with Crippen molar-refractivity contribution in [3.05, 3.63) is 46.5 Å². The third kappa shape index (κ3) is 2.43. The number of aryl methyl sites for hydroxylation is 4. The Bertz CT molecular complexity index is 581. The molecule has 2 rings (SSSR count). The number of rotatable bonds is 2. The number of nitrogens with two attached hydrogens (primary N) is 1. The van der Waals surface area contributed by atoms with Gasteiger partial charge in [0.05, 0.1) is 0 Å². The van der Waals surface area contributed by atoms with Gasteiger partial charge in [0.25, 0.3) is 0 Å². The molecular formula is C17H22N2. The standard InChI is InChI=1S/C17H22N2/c1-10-6-14(7-11(2)16(10)18)15-8-12(3)17(19-5)13(4)9-15/h6-9,19H,18H2,1-5H3. The number of hydrogen-bond donors (Lipinski definition) is 2. The van der Waals surface area contributed by atoms with E-state index >= 15 is 0 Å². The van der Waals surface area contributed by atoms with Gasteiger partial charge in [0.1, 0.15) is 0 Å². The Morgan fingerprint density at radius 1 is 0.737 bits per heavy atom. The number of benzene rings is 2. The molecule has 0 aromatic heterocycles. The van der Waals surface area contributed by atoms with Gasteiger partial charge in [-0.15, -0.1) is 0 Å². The van der Waals surface area contributed by atoms with Gasteiger partial charge in [-0.2, -0.15) is 0 Å². The lowest BCUT2D eigenvalue weighted by atomic mass is 9.95. The highest BCUT2D eigenvalue weighted by molar-refractivity contribution is 5.74. The van der Waals surface area contributed by atoms with E-state index in [-0.39, 0.29) is 0 Å². The highest BCUT2D eigenvalue weighted by Gasteiger charge is 2.08. The third-order valence-corrected chi connectivity index (χ3v) is 3.71. The molecule has 0 saturated carbocycles. The predicted octanol–water partition coefficient (Wildman–Crippen LogP) is 4.21. The molecule has 19 heavy (non-hydrogen) atoms. The van der Waals surface area contributed by atoms with Crippen LogP contribution in [0.3, 0.4) is 0 Å². The van der Waals surface area contributed by atoms with Crippen LogP contribution in [-0.4, -0.2) is 7.05 Å². The Hall–Kier alpha value is -1.96. The summed E-state index contributed by atoms with van der Waals surface area (Å²) in [7, 11) is 1.96. The topological polar surface area (TPSA) is 38.0 Å². The van der Waals surface area contributed by atoms with Crippen LogP contribution < -0.4 is 11.1 Å². The lowest BCUT2D eigenvalue weighted by Gasteiger charge is -2.14. The zero-order chi connectivity index (χ0) is 14.2. The van der Waals surface area contributed by atoms with Gasteiger partial charge in [-0.05, 0) is 85.3 Å². The fourth-order valence-electron chi connectivity index (χ4n) is 2.67. The highest BCUT2D eigenvalue weighted by atomic mass is 14.8. The Balaban J connectivity index is 2.60. The van der Waals surface area contributed by atoms with Crippen molar-refractivity contribution in [2.24, 2.45) is 0 Å². The van der Waals surface area contributed by atoms with Crippen molar-refractivity contribution in [2.75, 3.05) is 18.1 Å². The van der Waals surface area contributed by atoms with E-state index in [1.807, 2.05) is 7.05 Å². The van der Waals surface area contributed by atoms with Gasteiger partial charge >= 0.3 is 0 Å². The van der Waals surface area contributed by atoms with Gasteiger partial charge in [0.15, 0.2) is 0 Å². The molecule has 0 spiro atoms. The van der Waals surface area contributed by atoms with E-state index in [9.17, 15) is 0 Å². The molecule has 2 aromatic carbocycles. The van der Waals surface area contributed by atoms with E-state index in [1.165, 1.54) is 27.9 Å². The van der Waals surface area contributed by atoms with Gasteiger partial charge in [-0.3, -0.25) is 0 Å². The normalized spacial score (nSPS) is 10.6. The average Bonchev–Trinajstić information content (AvgIpc) is 2.35. The maximum absolute atomic E-state index is 6.02. The van der Waals surface area contributed by atoms with Crippen LogP contribution in [-0.2, 0) is 0 Å². The van der Waals surface area contributed by atoms with E-state index in [0.29, 0.717) is 0 Å². The van der Waals surface area contributed by atoms with Crippen LogP contribution in [0.1, 0.15) is 22.3 Å². The third-order valence-electron chi connectivity index (χ3n) is 3.71. The first-order valence-electron chi connectivity index (χ1n) is 6.60. The van der Waals surface area contributed by atoms with Gasteiger partial charge in [-0.25, -0.2) is 0 Å². The quantitative estimate of drug-likeness (QED) is 0.788. The zero-order valence-electron chi connectivity index (χ0n) is 12.4. The molecule has 0 aliphatic carbocycles. The van der Waals surface area contributed by atoms with E-state index in [4.69, 9.17) is 5.73 Å². The second-order valence-electron chi connectivity index (χ2n) is 5.26. The number of hydrogen-bond acceptors (Lipinski definition) is 2. The molecule has 0 fully saturated rings. The first-order valence-corrected chi connectivity index (χ1v) is 6.60. The van der Waals surface area contributed by atoms with E-state index in [1.54, 1.807) is 0 Å². The monoisotopic (exact) mass is 254 g/mol. The SMILES string of the molecule is CNc1c(C)cc(-c2cc(C)c(N)c(C)c2)cc1C. The molecular weight excluding hydrogens is 232 g/mol. The minimum absolute atomic E-state index is 0.893. The van der Waals surface area contributed by atoms with E-state index in [0.717, 1.165) is 16.8 Å². The summed E-state index contributed by atoms with van der Waals surface area (Å²) in [6.07, 6.45) is 0. The van der Waals surface area contributed by atoms with Gasteiger partial charge < -0.3 is 11.1 Å². The summed E-state index contributed by atoms with van der Waals surface area (Å²) in [5, 5.41) is 3.25. The molecule has 0 heterocycles. The summed E-state index contributed by atoms with van der Waals surface area (Å²) >= 11 is 0. The van der Waals surface area contributed by atoms with Crippen molar-refractivity contribution in [3.8, 4) is 11.1 Å². The van der Waals surface area contributed by atoms with Crippen molar-refractivity contribution in [2.45, 2.75) is 27.7 Å². The van der Waals surface area contributed by atoms with Crippen molar-refractivity contribution in [1.29, 1.82) is 0 Å². The number of nitrogen functional groups attached to an aromatic ring is 1. The average molecular weight is 254 g/mol. The van der Waals surface area contributed by atoms with Crippen molar-refractivity contribution in [1.82, 2.24) is 0 Å². The highest BCUT2D eigenvalue weighted by Crippen LogP contribution is 2.31. The lowest BCUT2D eigenvalue weighted by molar-refractivity contribution is 1.33. The van der Waals surface area contributed by atoms with Crippen molar-refractivity contribution >= 4 is 11.4 Å². The molecule has 3 N–H and O–H groups in total. The minimum atomic E-state index is 0.893. The molecule has 100 valence electrons.